The van der Waals surface area contributed by atoms with Crippen LogP contribution in [0.5, 0.6) is 0 Å². The number of amides is 1. The molecule has 3 aromatic heterocycles. The summed E-state index contributed by atoms with van der Waals surface area (Å²) in [4.78, 5) is 44.2. The highest BCUT2D eigenvalue weighted by Gasteiger charge is 2.23. The Bertz CT molecular complexity index is 1430. The molecule has 10 nitrogen and oxygen atoms in total. The minimum Gasteiger partial charge on any atom is -0.306 e. The summed E-state index contributed by atoms with van der Waals surface area (Å²) in [5.74, 6) is -0.481. The second-order valence-corrected chi connectivity index (χ2v) is 8.37. The minimum absolute atomic E-state index is 0.105. The Morgan fingerprint density at radius 1 is 1.33 bits per heavy atom. The predicted octanol–water partition coefficient (Wildman–Crippen LogP) is 4.37. The van der Waals surface area contributed by atoms with Gasteiger partial charge in [-0.25, -0.2) is 4.98 Å². The first kappa shape index (κ1) is 22.4. The molecule has 4 rings (SSSR count). The van der Waals surface area contributed by atoms with Crippen molar-refractivity contribution >= 4 is 40.4 Å². The first-order valence-corrected chi connectivity index (χ1v) is 11.0. The number of nitro benzene ring substituents is 1. The van der Waals surface area contributed by atoms with Crippen molar-refractivity contribution in [1.29, 1.82) is 0 Å². The summed E-state index contributed by atoms with van der Waals surface area (Å²) in [5.41, 5.74) is 0.696. The Hall–Kier alpha value is -3.83. The van der Waals surface area contributed by atoms with E-state index in [0.29, 0.717) is 23.4 Å². The molecule has 0 bridgehead atoms. The van der Waals surface area contributed by atoms with Crippen molar-refractivity contribution in [2.75, 3.05) is 5.32 Å². The first-order chi connectivity index (χ1) is 15.8. The van der Waals surface area contributed by atoms with E-state index in [1.54, 1.807) is 13.0 Å². The van der Waals surface area contributed by atoms with Gasteiger partial charge in [0.2, 0.25) is 5.95 Å². The van der Waals surface area contributed by atoms with E-state index >= 15 is 0 Å². The highest BCUT2D eigenvalue weighted by atomic mass is 35.5. The summed E-state index contributed by atoms with van der Waals surface area (Å²) in [6, 6.07) is 9.03. The van der Waals surface area contributed by atoms with Crippen LogP contribution in [0, 0.1) is 17.0 Å². The molecule has 0 aliphatic carbocycles. The van der Waals surface area contributed by atoms with Crippen LogP contribution in [0.4, 0.5) is 11.5 Å². The van der Waals surface area contributed by atoms with Crippen LogP contribution in [0.2, 0.25) is 5.02 Å². The number of nitrogens with zero attached hydrogens (tertiary/aromatic N) is 4. The van der Waals surface area contributed by atoms with Gasteiger partial charge in [-0.05, 0) is 36.9 Å². The quantitative estimate of drug-likeness (QED) is 0.308. The van der Waals surface area contributed by atoms with Crippen molar-refractivity contribution in [3.63, 3.8) is 0 Å². The third-order valence-electron chi connectivity index (χ3n) is 4.89. The molecule has 2 N–H and O–H groups in total. The molecule has 0 radical (unpaired) electrons. The van der Waals surface area contributed by atoms with E-state index in [9.17, 15) is 19.7 Å². The number of hydrogen-bond acceptors (Lipinski definition) is 7. The van der Waals surface area contributed by atoms with Gasteiger partial charge in [-0.1, -0.05) is 24.6 Å². The zero-order valence-electron chi connectivity index (χ0n) is 17.5. The Morgan fingerprint density at radius 2 is 2.12 bits per heavy atom. The van der Waals surface area contributed by atoms with Gasteiger partial charge in [0.25, 0.3) is 17.2 Å². The highest BCUT2D eigenvalue weighted by molar-refractivity contribution is 7.13. The van der Waals surface area contributed by atoms with Gasteiger partial charge in [0.05, 0.1) is 9.80 Å². The Kier molecular flexibility index (Phi) is 6.07. The number of nitrogens with one attached hydrogen (secondary N) is 2. The van der Waals surface area contributed by atoms with E-state index in [0.717, 1.165) is 10.9 Å². The molecule has 0 aliphatic heterocycles. The summed E-state index contributed by atoms with van der Waals surface area (Å²) in [6.45, 7) is 3.57. The lowest BCUT2D eigenvalue weighted by molar-refractivity contribution is -0.385. The molecule has 0 saturated heterocycles. The number of thiophene rings is 1. The van der Waals surface area contributed by atoms with Crippen molar-refractivity contribution in [1.82, 2.24) is 19.7 Å². The summed E-state index contributed by atoms with van der Waals surface area (Å²) < 4.78 is 1.29. The standard InChI is InChI=1S/C21H17ClN6O4S/c1-3-13-11(2)23-21(25-19(13)29)27-18(10-15(26-27)17-5-4-8-33-17)24-20(30)14-9-12(22)6-7-16(14)28(31)32/h4-10H,3H2,1-2H3,(H,24,30)(H,23,25,29). The fourth-order valence-electron chi connectivity index (χ4n) is 3.32. The number of carbonyl (C=O) groups excluding carboxylic acids is 1. The van der Waals surface area contributed by atoms with Crippen molar-refractivity contribution < 1.29 is 9.72 Å². The van der Waals surface area contributed by atoms with Gasteiger partial charge in [-0.2, -0.15) is 9.78 Å². The Labute approximate surface area is 196 Å². The number of halogens is 1. The van der Waals surface area contributed by atoms with Crippen LogP contribution in [0.25, 0.3) is 16.5 Å². The first-order valence-electron chi connectivity index (χ1n) is 9.78. The predicted molar refractivity (Wildman–Crippen MR) is 125 cm³/mol. The fourth-order valence-corrected chi connectivity index (χ4v) is 4.18. The Morgan fingerprint density at radius 3 is 2.76 bits per heavy atom. The summed E-state index contributed by atoms with van der Waals surface area (Å²) in [7, 11) is 0. The fraction of sp³-hybridized carbons (Fsp3) is 0.143. The molecule has 33 heavy (non-hydrogen) atoms. The van der Waals surface area contributed by atoms with Gasteiger partial charge in [-0.3, -0.25) is 24.7 Å². The molecule has 1 aromatic carbocycles. The normalized spacial score (nSPS) is 10.9. The molecule has 0 atom stereocenters. The van der Waals surface area contributed by atoms with E-state index in [1.807, 2.05) is 24.4 Å². The molecule has 4 aromatic rings. The van der Waals surface area contributed by atoms with Crippen molar-refractivity contribution in [2.45, 2.75) is 20.3 Å². The highest BCUT2D eigenvalue weighted by Crippen LogP contribution is 2.29. The average Bonchev–Trinajstić information content (AvgIpc) is 3.43. The van der Waals surface area contributed by atoms with Gasteiger partial charge in [0.1, 0.15) is 17.1 Å². The molecule has 3 heterocycles. The second kappa shape index (κ2) is 8.96. The van der Waals surface area contributed by atoms with Gasteiger partial charge >= 0.3 is 0 Å². The number of anilines is 1. The number of H-pyrrole nitrogens is 1. The lowest BCUT2D eigenvalue weighted by Crippen LogP contribution is -2.22. The lowest BCUT2D eigenvalue weighted by atomic mass is 10.1. The van der Waals surface area contributed by atoms with Crippen LogP contribution in [-0.2, 0) is 6.42 Å². The van der Waals surface area contributed by atoms with Crippen molar-refractivity contribution in [3.8, 4) is 16.5 Å². The third kappa shape index (κ3) is 4.41. The van der Waals surface area contributed by atoms with Crippen LogP contribution in [0.15, 0.2) is 46.6 Å². The number of hydrogen-bond donors (Lipinski definition) is 2. The molecule has 0 fully saturated rings. The molecule has 12 heteroatoms. The number of rotatable bonds is 6. The van der Waals surface area contributed by atoms with Crippen LogP contribution in [0.3, 0.4) is 0 Å². The molecule has 0 aliphatic rings. The summed E-state index contributed by atoms with van der Waals surface area (Å²) in [5, 5.41) is 20.6. The molecule has 0 unspecified atom stereocenters. The minimum atomic E-state index is -0.757. The molecular formula is C21H17ClN6O4S. The van der Waals surface area contributed by atoms with Gasteiger partial charge < -0.3 is 5.32 Å². The number of aryl methyl sites for hydroxylation is 1. The van der Waals surface area contributed by atoms with Crippen LogP contribution in [0.1, 0.15) is 28.5 Å². The van der Waals surface area contributed by atoms with E-state index in [1.165, 1.54) is 28.2 Å². The zero-order chi connectivity index (χ0) is 23.7. The number of aromatic amines is 1. The second-order valence-electron chi connectivity index (χ2n) is 6.98. The third-order valence-corrected chi connectivity index (χ3v) is 6.02. The van der Waals surface area contributed by atoms with E-state index in [-0.39, 0.29) is 27.9 Å². The van der Waals surface area contributed by atoms with Gasteiger partial charge in [0.15, 0.2) is 0 Å². The van der Waals surface area contributed by atoms with Gasteiger partial charge in [0, 0.05) is 28.4 Å². The average molecular weight is 485 g/mol. The molecular weight excluding hydrogens is 468 g/mol. The van der Waals surface area contributed by atoms with Crippen molar-refractivity contribution in [3.05, 3.63) is 84.1 Å². The number of benzene rings is 1. The van der Waals surface area contributed by atoms with E-state index < -0.39 is 16.5 Å². The molecule has 1 amide bonds. The molecule has 0 spiro atoms. The smallest absolute Gasteiger partial charge is 0.282 e. The van der Waals surface area contributed by atoms with E-state index in [2.05, 4.69) is 20.4 Å². The maximum Gasteiger partial charge on any atom is 0.282 e. The van der Waals surface area contributed by atoms with Crippen LogP contribution >= 0.6 is 22.9 Å². The summed E-state index contributed by atoms with van der Waals surface area (Å²) in [6.07, 6.45) is 0.510. The van der Waals surface area contributed by atoms with Gasteiger partial charge in [-0.15, -0.1) is 11.3 Å². The summed E-state index contributed by atoms with van der Waals surface area (Å²) >= 11 is 7.40. The Balaban J connectivity index is 1.82. The van der Waals surface area contributed by atoms with Crippen molar-refractivity contribution in [2.24, 2.45) is 0 Å². The molecule has 0 saturated carbocycles. The topological polar surface area (TPSA) is 136 Å². The monoisotopic (exact) mass is 484 g/mol. The number of nitro groups is 1. The SMILES string of the molecule is CCc1c(C)nc(-n2nc(-c3cccs3)cc2NC(=O)c2cc(Cl)ccc2[N+](=O)[O-])[nH]c1=O. The van der Waals surface area contributed by atoms with E-state index in [4.69, 9.17) is 11.6 Å². The maximum atomic E-state index is 13.0. The van der Waals surface area contributed by atoms with Crippen LogP contribution < -0.4 is 10.9 Å². The largest absolute Gasteiger partial charge is 0.306 e. The number of carbonyl (C=O) groups is 1. The number of aromatic nitrogens is 4. The van der Waals surface area contributed by atoms with Crippen LogP contribution in [-0.4, -0.2) is 30.6 Å². The lowest BCUT2D eigenvalue weighted by Gasteiger charge is -2.10. The maximum absolute atomic E-state index is 13.0. The zero-order valence-corrected chi connectivity index (χ0v) is 19.0. The molecule has 168 valence electrons.